The summed E-state index contributed by atoms with van der Waals surface area (Å²) in [5.41, 5.74) is 1.67. The minimum atomic E-state index is -3.92. The Hall–Kier alpha value is -4.90. The summed E-state index contributed by atoms with van der Waals surface area (Å²) in [5, 5.41) is 2.85. The number of para-hydroxylation sites is 2. The van der Waals surface area contributed by atoms with Gasteiger partial charge in [0.05, 0.1) is 17.1 Å². The van der Waals surface area contributed by atoms with Gasteiger partial charge in [0, 0.05) is 12.2 Å². The summed E-state index contributed by atoms with van der Waals surface area (Å²) in [6.45, 7) is -0.0396. The van der Waals surface area contributed by atoms with Crippen molar-refractivity contribution in [1.82, 2.24) is 5.32 Å². The lowest BCUT2D eigenvalue weighted by molar-refractivity contribution is -0.128. The predicted molar refractivity (Wildman–Crippen MR) is 151 cm³/mol. The number of fused-ring (bicyclic) bond motifs is 1. The van der Waals surface area contributed by atoms with E-state index in [2.05, 4.69) is 10.0 Å². The van der Waals surface area contributed by atoms with Crippen LogP contribution in [0.5, 0.6) is 11.5 Å². The second-order valence-electron chi connectivity index (χ2n) is 9.15. The van der Waals surface area contributed by atoms with Gasteiger partial charge in [-0.15, -0.1) is 0 Å². The van der Waals surface area contributed by atoms with Crippen LogP contribution in [-0.4, -0.2) is 39.5 Å². The Morgan fingerprint density at radius 3 is 2.32 bits per heavy atom. The van der Waals surface area contributed by atoms with Gasteiger partial charge in [-0.1, -0.05) is 42.5 Å². The van der Waals surface area contributed by atoms with Crippen LogP contribution in [-0.2, 0) is 26.2 Å². The Morgan fingerprint density at radius 2 is 1.59 bits per heavy atom. The maximum absolute atomic E-state index is 13.2. The number of carbonyl (C=O) groups excluding carboxylic acids is 2. The number of anilines is 2. The lowest BCUT2D eigenvalue weighted by atomic mass is 10.1. The van der Waals surface area contributed by atoms with Crippen molar-refractivity contribution in [1.29, 1.82) is 0 Å². The molecule has 4 aromatic rings. The maximum Gasteiger partial charge on any atom is 0.265 e. The fraction of sp³-hybridized carbons (Fsp3) is 0.133. The van der Waals surface area contributed by atoms with E-state index < -0.39 is 27.9 Å². The average Bonchev–Trinajstić information content (AvgIpc) is 3.00. The van der Waals surface area contributed by atoms with Gasteiger partial charge in [0.1, 0.15) is 17.3 Å². The van der Waals surface area contributed by atoms with Gasteiger partial charge in [0.15, 0.2) is 12.7 Å². The molecule has 0 aliphatic carbocycles. The van der Waals surface area contributed by atoms with Crippen molar-refractivity contribution < 1.29 is 31.9 Å². The van der Waals surface area contributed by atoms with E-state index in [4.69, 9.17) is 9.47 Å². The van der Waals surface area contributed by atoms with E-state index in [1.807, 2.05) is 30.3 Å². The van der Waals surface area contributed by atoms with Gasteiger partial charge in [0.25, 0.3) is 21.8 Å². The molecule has 0 unspecified atom stereocenters. The van der Waals surface area contributed by atoms with Gasteiger partial charge >= 0.3 is 0 Å². The van der Waals surface area contributed by atoms with Crippen molar-refractivity contribution in [3.05, 3.63) is 115 Å². The van der Waals surface area contributed by atoms with Crippen LogP contribution in [0.15, 0.2) is 108 Å². The van der Waals surface area contributed by atoms with Crippen LogP contribution < -0.4 is 24.4 Å². The molecule has 2 N–H and O–H groups in total. The van der Waals surface area contributed by atoms with Crippen molar-refractivity contribution >= 4 is 33.2 Å². The Labute approximate surface area is 236 Å². The molecule has 11 heteroatoms. The van der Waals surface area contributed by atoms with Gasteiger partial charge in [-0.3, -0.25) is 14.3 Å². The first-order valence-corrected chi connectivity index (χ1v) is 14.2. The normalized spacial score (nSPS) is 14.4. The van der Waals surface area contributed by atoms with Crippen molar-refractivity contribution in [2.75, 3.05) is 22.8 Å². The average molecular weight is 576 g/mol. The molecule has 2 amide bonds. The summed E-state index contributed by atoms with van der Waals surface area (Å²) >= 11 is 0. The highest BCUT2D eigenvalue weighted by Gasteiger charge is 2.33. The minimum absolute atomic E-state index is 0.00787. The number of hydrogen-bond acceptors (Lipinski definition) is 6. The van der Waals surface area contributed by atoms with Gasteiger partial charge in [-0.05, 0) is 66.2 Å². The molecular weight excluding hydrogens is 549 g/mol. The summed E-state index contributed by atoms with van der Waals surface area (Å²) in [4.78, 5) is 27.5. The number of halogens is 1. The molecule has 9 nitrogen and oxygen atoms in total. The van der Waals surface area contributed by atoms with E-state index in [1.165, 1.54) is 41.3 Å². The molecule has 1 aliphatic rings. The van der Waals surface area contributed by atoms with E-state index in [0.717, 1.165) is 17.7 Å². The Bertz CT molecular complexity index is 1630. The molecule has 4 aromatic carbocycles. The SMILES string of the molecule is O=C(NCc1ccccc1)[C@H]1CN(C(=O)COc2ccc(S(=O)(=O)Nc3ccc(F)cc3)cc2)c2ccccc2O1. The van der Waals surface area contributed by atoms with Crippen LogP contribution in [0.1, 0.15) is 5.56 Å². The quantitative estimate of drug-likeness (QED) is 0.311. The smallest absolute Gasteiger partial charge is 0.265 e. The summed E-state index contributed by atoms with van der Waals surface area (Å²) in [5.74, 6) is -0.566. The maximum atomic E-state index is 13.2. The molecule has 0 saturated heterocycles. The highest BCUT2D eigenvalue weighted by molar-refractivity contribution is 7.92. The summed E-state index contributed by atoms with van der Waals surface area (Å²) < 4.78 is 52.3. The standard InChI is InChI=1S/C30H26FN3O6S/c31-22-10-12-23(13-11-22)33-41(37,38)25-16-14-24(15-17-25)39-20-29(35)34-19-28(40-27-9-5-4-8-26(27)34)30(36)32-18-21-6-2-1-3-7-21/h1-17,28,33H,18-20H2,(H,32,36)/t28-/m1/s1. The fourth-order valence-electron chi connectivity index (χ4n) is 4.18. The second-order valence-corrected chi connectivity index (χ2v) is 10.8. The topological polar surface area (TPSA) is 114 Å². The minimum Gasteiger partial charge on any atom is -0.484 e. The van der Waals surface area contributed by atoms with Gasteiger partial charge in [-0.25, -0.2) is 12.8 Å². The van der Waals surface area contributed by atoms with Crippen LogP contribution >= 0.6 is 0 Å². The highest BCUT2D eigenvalue weighted by Crippen LogP contribution is 2.33. The second kappa shape index (κ2) is 12.1. The van der Waals surface area contributed by atoms with Gasteiger partial charge in [0.2, 0.25) is 0 Å². The molecule has 0 aromatic heterocycles. The van der Waals surface area contributed by atoms with Crippen molar-refractivity contribution in [2.24, 2.45) is 0 Å². The molecule has 0 bridgehead atoms. The third-order valence-corrected chi connectivity index (χ3v) is 7.67. The Balaban J connectivity index is 1.21. The third-order valence-electron chi connectivity index (χ3n) is 6.27. The Morgan fingerprint density at radius 1 is 0.902 bits per heavy atom. The number of hydrogen-bond donors (Lipinski definition) is 2. The highest BCUT2D eigenvalue weighted by atomic mass is 32.2. The predicted octanol–water partition coefficient (Wildman–Crippen LogP) is 4.12. The number of benzene rings is 4. The van der Waals surface area contributed by atoms with E-state index in [9.17, 15) is 22.4 Å². The molecule has 0 radical (unpaired) electrons. The summed E-state index contributed by atoms with van der Waals surface area (Å²) in [6.07, 6.45) is -0.921. The van der Waals surface area contributed by atoms with Crippen molar-refractivity contribution in [3.8, 4) is 11.5 Å². The third kappa shape index (κ3) is 6.82. The van der Waals surface area contributed by atoms with Gasteiger partial charge in [-0.2, -0.15) is 0 Å². The molecule has 0 spiro atoms. The monoisotopic (exact) mass is 575 g/mol. The number of ether oxygens (including phenoxy) is 2. The zero-order chi connectivity index (χ0) is 28.8. The largest absolute Gasteiger partial charge is 0.484 e. The molecule has 210 valence electrons. The van der Waals surface area contributed by atoms with Crippen LogP contribution in [0.3, 0.4) is 0 Å². The fourth-order valence-corrected chi connectivity index (χ4v) is 5.23. The molecule has 5 rings (SSSR count). The number of nitrogens with zero attached hydrogens (tertiary/aromatic N) is 1. The summed E-state index contributed by atoms with van der Waals surface area (Å²) in [6, 6.07) is 26.8. The van der Waals surface area contributed by atoms with E-state index >= 15 is 0 Å². The van der Waals surface area contributed by atoms with Crippen LogP contribution in [0, 0.1) is 5.82 Å². The molecule has 0 fully saturated rings. The van der Waals surface area contributed by atoms with Crippen molar-refractivity contribution in [2.45, 2.75) is 17.5 Å². The zero-order valence-corrected chi connectivity index (χ0v) is 22.5. The van der Waals surface area contributed by atoms with E-state index in [0.29, 0.717) is 18.0 Å². The first kappa shape index (κ1) is 27.7. The number of nitrogens with one attached hydrogen (secondary N) is 2. The molecular formula is C30H26FN3O6S. The molecule has 1 atom stereocenters. The van der Waals surface area contributed by atoms with Crippen molar-refractivity contribution in [3.63, 3.8) is 0 Å². The zero-order valence-electron chi connectivity index (χ0n) is 21.7. The molecule has 1 heterocycles. The number of carbonyl (C=O) groups is 2. The number of sulfonamides is 1. The van der Waals surface area contributed by atoms with Crippen LogP contribution in [0.25, 0.3) is 0 Å². The summed E-state index contributed by atoms with van der Waals surface area (Å²) in [7, 11) is -3.92. The van der Waals surface area contributed by atoms with Crippen LogP contribution in [0.2, 0.25) is 0 Å². The van der Waals surface area contributed by atoms with Gasteiger partial charge < -0.3 is 19.7 Å². The Kier molecular flexibility index (Phi) is 8.16. The molecule has 41 heavy (non-hydrogen) atoms. The number of rotatable bonds is 9. The lowest BCUT2D eigenvalue weighted by Gasteiger charge is -2.34. The van der Waals surface area contributed by atoms with E-state index in [-0.39, 0.29) is 35.4 Å². The number of amides is 2. The molecule has 0 saturated carbocycles. The first-order valence-electron chi connectivity index (χ1n) is 12.7. The molecule has 1 aliphatic heterocycles. The first-order chi connectivity index (χ1) is 19.8. The lowest BCUT2D eigenvalue weighted by Crippen LogP contribution is -2.51. The van der Waals surface area contributed by atoms with E-state index in [1.54, 1.807) is 24.3 Å². The van der Waals surface area contributed by atoms with Crippen LogP contribution in [0.4, 0.5) is 15.8 Å².